The van der Waals surface area contributed by atoms with Crippen molar-refractivity contribution < 1.29 is 4.79 Å². The van der Waals surface area contributed by atoms with Crippen LogP contribution in [0.3, 0.4) is 0 Å². The van der Waals surface area contributed by atoms with Crippen LogP contribution in [-0.2, 0) is 0 Å². The van der Waals surface area contributed by atoms with Gasteiger partial charge in [-0.1, -0.05) is 18.5 Å². The monoisotopic (exact) mass is 392 g/mol. The molecule has 1 aromatic rings. The van der Waals surface area contributed by atoms with E-state index in [1.54, 1.807) is 6.07 Å². The van der Waals surface area contributed by atoms with Crippen LogP contribution in [0.4, 0.5) is 0 Å². The number of halogens is 2. The van der Waals surface area contributed by atoms with Gasteiger partial charge in [0.05, 0.1) is 10.6 Å². The Morgan fingerprint density at radius 2 is 2.32 bits per heavy atom. The van der Waals surface area contributed by atoms with Crippen molar-refractivity contribution in [1.29, 1.82) is 0 Å². The number of nitrogens with two attached hydrogens (primary N) is 1. The molecular weight excluding hydrogens is 375 g/mol. The third kappa shape index (κ3) is 3.41. The topological polar surface area (TPSA) is 46.3 Å². The number of carbonyl (C=O) groups excluding carboxylic acids is 1. The van der Waals surface area contributed by atoms with Gasteiger partial charge in [0.2, 0.25) is 0 Å². The largest absolute Gasteiger partial charge is 0.334 e. The first-order valence-corrected chi connectivity index (χ1v) is 7.94. The minimum absolute atomic E-state index is 0.00347. The molecule has 1 amide bonds. The predicted molar refractivity (Wildman–Crippen MR) is 86.4 cm³/mol. The van der Waals surface area contributed by atoms with Crippen molar-refractivity contribution in [2.75, 3.05) is 13.1 Å². The van der Waals surface area contributed by atoms with E-state index in [1.165, 1.54) is 0 Å². The van der Waals surface area contributed by atoms with Gasteiger partial charge in [-0.2, -0.15) is 0 Å². The van der Waals surface area contributed by atoms with Gasteiger partial charge in [-0.05, 0) is 59.5 Å². The lowest BCUT2D eigenvalue weighted by Gasteiger charge is -2.38. The lowest BCUT2D eigenvalue weighted by atomic mass is 9.92. The van der Waals surface area contributed by atoms with E-state index < -0.39 is 0 Å². The number of piperidine rings is 1. The van der Waals surface area contributed by atoms with E-state index >= 15 is 0 Å². The molecule has 1 aliphatic rings. The van der Waals surface area contributed by atoms with E-state index in [0.717, 1.165) is 23.0 Å². The number of likely N-dealkylation sites (tertiary alicyclic amines) is 1. The van der Waals surface area contributed by atoms with Crippen molar-refractivity contribution >= 4 is 40.1 Å². The Hall–Kier alpha value is -0.330. The van der Waals surface area contributed by atoms with Crippen LogP contribution >= 0.6 is 34.2 Å². The summed E-state index contributed by atoms with van der Waals surface area (Å²) in [5.41, 5.74) is 6.38. The van der Waals surface area contributed by atoms with Crippen LogP contribution in [0.25, 0.3) is 0 Å². The van der Waals surface area contributed by atoms with Crippen LogP contribution < -0.4 is 5.73 Å². The Bertz CT molecular complexity index is 481. The molecule has 1 aliphatic heterocycles. The molecule has 2 atom stereocenters. The minimum Gasteiger partial charge on any atom is -0.334 e. The van der Waals surface area contributed by atoms with Crippen molar-refractivity contribution in [3.05, 3.63) is 32.4 Å². The van der Waals surface area contributed by atoms with Gasteiger partial charge in [0, 0.05) is 22.7 Å². The fraction of sp³-hybridized carbons (Fsp3) is 0.500. The van der Waals surface area contributed by atoms with E-state index in [9.17, 15) is 4.79 Å². The molecule has 2 N–H and O–H groups in total. The van der Waals surface area contributed by atoms with Crippen molar-refractivity contribution in [3.8, 4) is 0 Å². The predicted octanol–water partition coefficient (Wildman–Crippen LogP) is 3.14. The molecule has 0 bridgehead atoms. The molecule has 2 rings (SSSR count). The number of amides is 1. The maximum Gasteiger partial charge on any atom is 0.255 e. The SMILES string of the molecule is CC1CCN(C(=O)c2ccc(I)cc2Cl)C(CN)C1. The van der Waals surface area contributed by atoms with Gasteiger partial charge >= 0.3 is 0 Å². The quantitative estimate of drug-likeness (QED) is 0.786. The van der Waals surface area contributed by atoms with E-state index in [-0.39, 0.29) is 11.9 Å². The molecule has 0 aliphatic carbocycles. The van der Waals surface area contributed by atoms with Gasteiger partial charge in [0.1, 0.15) is 0 Å². The third-order valence-corrected chi connectivity index (χ3v) is 4.66. The Kier molecular flexibility index (Phi) is 5.09. The molecule has 104 valence electrons. The minimum atomic E-state index is 0.00347. The molecular formula is C14H18ClIN2O. The van der Waals surface area contributed by atoms with Crippen molar-refractivity contribution in [3.63, 3.8) is 0 Å². The first-order chi connectivity index (χ1) is 9.02. The lowest BCUT2D eigenvalue weighted by molar-refractivity contribution is 0.0574. The molecule has 0 radical (unpaired) electrons. The molecule has 1 aromatic carbocycles. The molecule has 5 heteroatoms. The molecule has 2 unspecified atom stereocenters. The van der Waals surface area contributed by atoms with Gasteiger partial charge in [-0.15, -0.1) is 0 Å². The van der Waals surface area contributed by atoms with Crippen molar-refractivity contribution in [2.45, 2.75) is 25.8 Å². The van der Waals surface area contributed by atoms with Gasteiger partial charge in [0.25, 0.3) is 5.91 Å². The highest BCUT2D eigenvalue weighted by molar-refractivity contribution is 14.1. The zero-order chi connectivity index (χ0) is 14.0. The summed E-state index contributed by atoms with van der Waals surface area (Å²) in [5, 5.41) is 0.520. The molecule has 0 spiro atoms. The Balaban J connectivity index is 2.22. The van der Waals surface area contributed by atoms with E-state index in [2.05, 4.69) is 29.5 Å². The molecule has 19 heavy (non-hydrogen) atoms. The maximum absolute atomic E-state index is 12.6. The molecule has 1 saturated heterocycles. The van der Waals surface area contributed by atoms with Crippen LogP contribution in [0.2, 0.25) is 5.02 Å². The smallest absolute Gasteiger partial charge is 0.255 e. The summed E-state index contributed by atoms with van der Waals surface area (Å²) in [6.07, 6.45) is 2.01. The number of benzene rings is 1. The maximum atomic E-state index is 12.6. The second-order valence-corrected chi connectivity index (χ2v) is 6.79. The second kappa shape index (κ2) is 6.41. The number of hydrogen-bond donors (Lipinski definition) is 1. The summed E-state index contributed by atoms with van der Waals surface area (Å²) < 4.78 is 1.03. The zero-order valence-electron chi connectivity index (χ0n) is 10.9. The summed E-state index contributed by atoms with van der Waals surface area (Å²) >= 11 is 8.36. The van der Waals surface area contributed by atoms with Gasteiger partial charge in [-0.3, -0.25) is 4.79 Å². The molecule has 3 nitrogen and oxygen atoms in total. The Morgan fingerprint density at radius 1 is 1.58 bits per heavy atom. The summed E-state index contributed by atoms with van der Waals surface area (Å²) in [4.78, 5) is 14.5. The van der Waals surface area contributed by atoms with Crippen molar-refractivity contribution in [2.24, 2.45) is 11.7 Å². The van der Waals surface area contributed by atoms with Crippen LogP contribution in [0.15, 0.2) is 18.2 Å². The van der Waals surface area contributed by atoms with Crippen LogP contribution in [-0.4, -0.2) is 29.9 Å². The fourth-order valence-corrected chi connectivity index (χ4v) is 3.50. The van der Waals surface area contributed by atoms with Crippen LogP contribution in [0.5, 0.6) is 0 Å². The number of hydrogen-bond acceptors (Lipinski definition) is 2. The summed E-state index contributed by atoms with van der Waals surface area (Å²) in [5.74, 6) is 0.633. The lowest BCUT2D eigenvalue weighted by Crippen LogP contribution is -2.49. The second-order valence-electron chi connectivity index (χ2n) is 5.14. The summed E-state index contributed by atoms with van der Waals surface area (Å²) in [6.45, 7) is 3.49. The van der Waals surface area contributed by atoms with Gasteiger partial charge in [-0.25, -0.2) is 0 Å². The summed E-state index contributed by atoms with van der Waals surface area (Å²) in [6, 6.07) is 5.66. The highest BCUT2D eigenvalue weighted by Crippen LogP contribution is 2.26. The Labute approximate surface area is 132 Å². The standard InChI is InChI=1S/C14H18ClIN2O/c1-9-4-5-18(11(6-9)8-17)14(19)12-3-2-10(16)7-13(12)15/h2-3,7,9,11H,4-6,8,17H2,1H3. The highest BCUT2D eigenvalue weighted by Gasteiger charge is 2.30. The molecule has 1 heterocycles. The van der Waals surface area contributed by atoms with Gasteiger partial charge in [0.15, 0.2) is 0 Å². The van der Waals surface area contributed by atoms with Gasteiger partial charge < -0.3 is 10.6 Å². The highest BCUT2D eigenvalue weighted by atomic mass is 127. The Morgan fingerprint density at radius 3 is 2.95 bits per heavy atom. The van der Waals surface area contributed by atoms with E-state index in [1.807, 2.05) is 17.0 Å². The fourth-order valence-electron chi connectivity index (χ4n) is 2.56. The number of nitrogens with zero attached hydrogens (tertiary/aromatic N) is 1. The first kappa shape index (κ1) is 15.1. The zero-order valence-corrected chi connectivity index (χ0v) is 13.8. The van der Waals surface area contributed by atoms with Crippen LogP contribution in [0.1, 0.15) is 30.1 Å². The normalized spacial score (nSPS) is 23.5. The number of carbonyl (C=O) groups is 1. The molecule has 0 saturated carbocycles. The average molecular weight is 393 g/mol. The third-order valence-electron chi connectivity index (χ3n) is 3.67. The van der Waals surface area contributed by atoms with Crippen molar-refractivity contribution in [1.82, 2.24) is 4.90 Å². The number of rotatable bonds is 2. The molecule has 1 fully saturated rings. The molecule has 0 aromatic heterocycles. The van der Waals surface area contributed by atoms with Crippen LogP contribution in [0, 0.1) is 9.49 Å². The van der Waals surface area contributed by atoms with E-state index in [4.69, 9.17) is 17.3 Å². The first-order valence-electron chi connectivity index (χ1n) is 6.49. The van der Waals surface area contributed by atoms with E-state index in [0.29, 0.717) is 23.0 Å². The average Bonchev–Trinajstić information content (AvgIpc) is 2.37. The summed E-state index contributed by atoms with van der Waals surface area (Å²) in [7, 11) is 0.